The van der Waals surface area contributed by atoms with Crippen LogP contribution in [0.1, 0.15) is 6.92 Å². The molecule has 0 heterocycles. The Morgan fingerprint density at radius 1 is 1.25 bits per heavy atom. The first kappa shape index (κ1) is 12.8. The van der Waals surface area contributed by atoms with Crippen molar-refractivity contribution in [1.82, 2.24) is 0 Å². The Labute approximate surface area is 96.5 Å². The highest BCUT2D eigenvalue weighted by molar-refractivity contribution is 7.91. The van der Waals surface area contributed by atoms with Crippen molar-refractivity contribution in [3.05, 3.63) is 24.3 Å². The minimum absolute atomic E-state index is 0.0667. The molecule has 0 aliphatic heterocycles. The van der Waals surface area contributed by atoms with E-state index in [0.717, 1.165) is 5.69 Å². The van der Waals surface area contributed by atoms with Crippen LogP contribution in [0.25, 0.3) is 0 Å². The van der Waals surface area contributed by atoms with Crippen LogP contribution < -0.4 is 10.1 Å². The van der Waals surface area contributed by atoms with Gasteiger partial charge in [-0.25, -0.2) is 8.42 Å². The summed E-state index contributed by atoms with van der Waals surface area (Å²) in [5.41, 5.74) is 0.994. The zero-order valence-corrected chi connectivity index (χ0v) is 10.4. The van der Waals surface area contributed by atoms with Crippen molar-refractivity contribution in [3.63, 3.8) is 0 Å². The Morgan fingerprint density at radius 2 is 1.88 bits per heavy atom. The third-order valence-electron chi connectivity index (χ3n) is 2.25. The Kier molecular flexibility index (Phi) is 4.61. The summed E-state index contributed by atoms with van der Waals surface area (Å²) in [7, 11) is -1.10. The molecule has 0 atom stereocenters. The van der Waals surface area contributed by atoms with Gasteiger partial charge >= 0.3 is 0 Å². The lowest BCUT2D eigenvalue weighted by molar-refractivity contribution is 0.341. The molecule has 0 fully saturated rings. The van der Waals surface area contributed by atoms with Gasteiger partial charge in [0.1, 0.15) is 12.4 Å². The van der Waals surface area contributed by atoms with Gasteiger partial charge in [-0.3, -0.25) is 0 Å². The lowest BCUT2D eigenvalue weighted by Gasteiger charge is -2.07. The van der Waals surface area contributed by atoms with E-state index in [2.05, 4.69) is 5.32 Å². The van der Waals surface area contributed by atoms with Gasteiger partial charge in [-0.05, 0) is 24.3 Å². The minimum atomic E-state index is -2.94. The van der Waals surface area contributed by atoms with Crippen LogP contribution in [0.3, 0.4) is 0 Å². The SMILES string of the molecule is CCS(=O)(=O)CCOc1ccc(NC)cc1. The molecule has 0 saturated heterocycles. The molecular formula is C11H17NO3S. The Balaban J connectivity index is 2.43. The van der Waals surface area contributed by atoms with Crippen molar-refractivity contribution in [2.45, 2.75) is 6.92 Å². The number of anilines is 1. The van der Waals surface area contributed by atoms with Gasteiger partial charge in [0, 0.05) is 18.5 Å². The Hall–Kier alpha value is -1.23. The van der Waals surface area contributed by atoms with E-state index in [-0.39, 0.29) is 18.1 Å². The lowest BCUT2D eigenvalue weighted by atomic mass is 10.3. The van der Waals surface area contributed by atoms with Gasteiger partial charge in [0.2, 0.25) is 0 Å². The molecule has 0 bridgehead atoms. The van der Waals surface area contributed by atoms with Crippen LogP contribution in [0.15, 0.2) is 24.3 Å². The van der Waals surface area contributed by atoms with Crippen molar-refractivity contribution < 1.29 is 13.2 Å². The van der Waals surface area contributed by atoms with E-state index in [1.54, 1.807) is 6.92 Å². The molecular weight excluding hydrogens is 226 g/mol. The topological polar surface area (TPSA) is 55.4 Å². The van der Waals surface area contributed by atoms with Crippen molar-refractivity contribution in [1.29, 1.82) is 0 Å². The number of nitrogens with one attached hydrogen (secondary N) is 1. The van der Waals surface area contributed by atoms with Crippen LogP contribution in [0, 0.1) is 0 Å². The molecule has 1 aromatic rings. The monoisotopic (exact) mass is 243 g/mol. The van der Waals surface area contributed by atoms with E-state index in [4.69, 9.17) is 4.74 Å². The quantitative estimate of drug-likeness (QED) is 0.823. The fourth-order valence-corrected chi connectivity index (χ4v) is 1.77. The summed E-state index contributed by atoms with van der Waals surface area (Å²) in [6, 6.07) is 7.38. The van der Waals surface area contributed by atoms with Crippen LogP contribution in [0.4, 0.5) is 5.69 Å². The second-order valence-electron chi connectivity index (χ2n) is 3.36. The third kappa shape index (κ3) is 4.10. The fourth-order valence-electron chi connectivity index (χ4n) is 1.15. The molecule has 0 aromatic heterocycles. The van der Waals surface area contributed by atoms with E-state index in [9.17, 15) is 8.42 Å². The van der Waals surface area contributed by atoms with E-state index >= 15 is 0 Å². The third-order valence-corrected chi connectivity index (χ3v) is 3.91. The average molecular weight is 243 g/mol. The molecule has 0 radical (unpaired) electrons. The van der Waals surface area contributed by atoms with Crippen molar-refractivity contribution in [2.75, 3.05) is 30.5 Å². The smallest absolute Gasteiger partial charge is 0.153 e. The van der Waals surface area contributed by atoms with Crippen molar-refractivity contribution >= 4 is 15.5 Å². The summed E-state index contributed by atoms with van der Waals surface area (Å²) >= 11 is 0. The normalized spacial score (nSPS) is 11.1. The summed E-state index contributed by atoms with van der Waals surface area (Å²) in [5, 5.41) is 2.99. The van der Waals surface area contributed by atoms with Crippen molar-refractivity contribution in [3.8, 4) is 5.75 Å². The first-order valence-electron chi connectivity index (χ1n) is 5.18. The first-order valence-corrected chi connectivity index (χ1v) is 7.00. The highest BCUT2D eigenvalue weighted by Crippen LogP contribution is 2.14. The molecule has 0 spiro atoms. The first-order chi connectivity index (χ1) is 7.57. The van der Waals surface area contributed by atoms with Gasteiger partial charge in [-0.2, -0.15) is 0 Å². The van der Waals surface area contributed by atoms with Crippen LogP contribution in [-0.2, 0) is 9.84 Å². The number of hydrogen-bond acceptors (Lipinski definition) is 4. The number of benzene rings is 1. The Morgan fingerprint density at radius 3 is 2.38 bits per heavy atom. The summed E-state index contributed by atoms with van der Waals surface area (Å²) in [5.74, 6) is 0.914. The van der Waals surface area contributed by atoms with Crippen LogP contribution in [-0.4, -0.2) is 33.6 Å². The van der Waals surface area contributed by atoms with Gasteiger partial charge in [0.15, 0.2) is 9.84 Å². The fraction of sp³-hybridized carbons (Fsp3) is 0.455. The number of rotatable bonds is 6. The highest BCUT2D eigenvalue weighted by atomic mass is 32.2. The van der Waals surface area contributed by atoms with E-state index in [1.807, 2.05) is 31.3 Å². The predicted octanol–water partition coefficient (Wildman–Crippen LogP) is 1.54. The molecule has 90 valence electrons. The predicted molar refractivity (Wildman–Crippen MR) is 65.8 cm³/mol. The van der Waals surface area contributed by atoms with E-state index in [0.29, 0.717) is 5.75 Å². The van der Waals surface area contributed by atoms with Gasteiger partial charge in [0.25, 0.3) is 0 Å². The van der Waals surface area contributed by atoms with Gasteiger partial charge < -0.3 is 10.1 Å². The standard InChI is InChI=1S/C11H17NO3S/c1-3-16(13,14)9-8-15-11-6-4-10(12-2)5-7-11/h4-7,12H,3,8-9H2,1-2H3. The number of ether oxygens (including phenoxy) is 1. The minimum Gasteiger partial charge on any atom is -0.493 e. The van der Waals surface area contributed by atoms with Gasteiger partial charge in [-0.15, -0.1) is 0 Å². The van der Waals surface area contributed by atoms with Crippen LogP contribution in [0.2, 0.25) is 0 Å². The molecule has 5 heteroatoms. The maximum absolute atomic E-state index is 11.2. The van der Waals surface area contributed by atoms with Crippen LogP contribution >= 0.6 is 0 Å². The maximum atomic E-state index is 11.2. The summed E-state index contributed by atoms with van der Waals surface area (Å²) in [6.07, 6.45) is 0. The molecule has 0 aliphatic rings. The molecule has 4 nitrogen and oxygen atoms in total. The van der Waals surface area contributed by atoms with Crippen molar-refractivity contribution in [2.24, 2.45) is 0 Å². The average Bonchev–Trinajstić information content (AvgIpc) is 2.30. The highest BCUT2D eigenvalue weighted by Gasteiger charge is 2.06. The molecule has 1 N–H and O–H groups in total. The van der Waals surface area contributed by atoms with E-state index < -0.39 is 9.84 Å². The molecule has 0 unspecified atom stereocenters. The Bertz CT molecular complexity index is 411. The maximum Gasteiger partial charge on any atom is 0.153 e. The summed E-state index contributed by atoms with van der Waals surface area (Å²) in [6.45, 7) is 1.84. The van der Waals surface area contributed by atoms with Crippen LogP contribution in [0.5, 0.6) is 5.75 Å². The van der Waals surface area contributed by atoms with E-state index in [1.165, 1.54) is 0 Å². The van der Waals surface area contributed by atoms with Gasteiger partial charge in [0.05, 0.1) is 5.75 Å². The molecule has 16 heavy (non-hydrogen) atoms. The molecule has 1 aromatic carbocycles. The zero-order valence-electron chi connectivity index (χ0n) is 9.56. The molecule has 0 aliphatic carbocycles. The molecule has 1 rings (SSSR count). The largest absolute Gasteiger partial charge is 0.493 e. The second kappa shape index (κ2) is 5.75. The number of sulfone groups is 1. The summed E-state index contributed by atoms with van der Waals surface area (Å²) < 4.78 is 27.7. The van der Waals surface area contributed by atoms with Gasteiger partial charge in [-0.1, -0.05) is 6.92 Å². The molecule has 0 amide bonds. The second-order valence-corrected chi connectivity index (χ2v) is 5.83. The lowest BCUT2D eigenvalue weighted by Crippen LogP contribution is -2.15. The zero-order chi connectivity index (χ0) is 12.0. The number of hydrogen-bond donors (Lipinski definition) is 1. The summed E-state index contributed by atoms with van der Waals surface area (Å²) in [4.78, 5) is 0. The molecule has 0 saturated carbocycles.